The second-order valence-corrected chi connectivity index (χ2v) is 10.5. The minimum atomic E-state index is -3.58. The Kier molecular flexibility index (Phi) is 6.58. The Hall–Kier alpha value is -1.73. The first-order valence-electron chi connectivity index (χ1n) is 11.0. The summed E-state index contributed by atoms with van der Waals surface area (Å²) in [6.45, 7) is 2.45. The van der Waals surface area contributed by atoms with Gasteiger partial charge in [-0.3, -0.25) is 4.90 Å². The molecule has 3 atom stereocenters. The number of rotatable bonds is 6. The summed E-state index contributed by atoms with van der Waals surface area (Å²) < 4.78 is 28.7. The van der Waals surface area contributed by atoms with E-state index in [1.165, 1.54) is 12.8 Å². The van der Waals surface area contributed by atoms with Gasteiger partial charge in [0, 0.05) is 18.0 Å². The Morgan fingerprint density at radius 1 is 0.933 bits per heavy atom. The van der Waals surface area contributed by atoms with E-state index < -0.39 is 10.0 Å². The smallest absolute Gasteiger partial charge is 0.240 e. The van der Waals surface area contributed by atoms with Crippen molar-refractivity contribution in [2.24, 2.45) is 0 Å². The molecule has 162 valence electrons. The monoisotopic (exact) mass is 428 g/mol. The quantitative estimate of drug-likeness (QED) is 0.693. The van der Waals surface area contributed by atoms with Crippen LogP contribution in [0.3, 0.4) is 0 Å². The number of benzene rings is 2. The highest BCUT2D eigenvalue weighted by Crippen LogP contribution is 2.40. The van der Waals surface area contributed by atoms with Gasteiger partial charge < -0.3 is 5.11 Å². The van der Waals surface area contributed by atoms with Crippen molar-refractivity contribution in [1.29, 1.82) is 0 Å². The van der Waals surface area contributed by atoms with Crippen LogP contribution in [-0.4, -0.2) is 50.2 Å². The average Bonchev–Trinajstić information content (AvgIpc) is 3.25. The van der Waals surface area contributed by atoms with E-state index in [-0.39, 0.29) is 22.5 Å². The average molecular weight is 429 g/mol. The standard InChI is InChI=1S/C24H32N2O3S/c27-23-14-16-24(20-9-3-1-4-10-20,15-13-22(23)26-17-7-8-18-26)19-25-30(28,29)21-11-5-2-6-12-21/h1-6,9-12,22-23,25,27H,7-8,13-19H2/t22-,23-,24-/m0/s1. The minimum Gasteiger partial charge on any atom is -0.391 e. The molecule has 2 aromatic carbocycles. The van der Waals surface area contributed by atoms with Crippen LogP contribution in [0.4, 0.5) is 0 Å². The number of hydrogen-bond donors (Lipinski definition) is 2. The number of nitrogens with zero attached hydrogens (tertiary/aromatic N) is 1. The molecule has 2 fully saturated rings. The van der Waals surface area contributed by atoms with Gasteiger partial charge in [0.1, 0.15) is 0 Å². The van der Waals surface area contributed by atoms with Crippen molar-refractivity contribution < 1.29 is 13.5 Å². The molecular formula is C24H32N2O3S. The van der Waals surface area contributed by atoms with Gasteiger partial charge in [-0.15, -0.1) is 0 Å². The molecular weight excluding hydrogens is 396 g/mol. The molecule has 2 aliphatic rings. The number of nitrogens with one attached hydrogen (secondary N) is 1. The lowest BCUT2D eigenvalue weighted by atomic mass is 9.74. The molecule has 4 rings (SSSR count). The number of hydrogen-bond acceptors (Lipinski definition) is 4. The van der Waals surface area contributed by atoms with Crippen LogP contribution in [0.5, 0.6) is 0 Å². The zero-order valence-electron chi connectivity index (χ0n) is 17.4. The SMILES string of the molecule is O=S(=O)(NC[C@@]1(c2ccccc2)CC[C@H](O)[C@@H](N2CCCC2)CC1)c1ccccc1. The van der Waals surface area contributed by atoms with Crippen molar-refractivity contribution in [2.75, 3.05) is 19.6 Å². The van der Waals surface area contributed by atoms with Crippen LogP contribution in [0.15, 0.2) is 65.6 Å². The van der Waals surface area contributed by atoms with E-state index in [4.69, 9.17) is 0 Å². The predicted molar refractivity (Wildman–Crippen MR) is 119 cm³/mol. The van der Waals surface area contributed by atoms with Crippen LogP contribution >= 0.6 is 0 Å². The van der Waals surface area contributed by atoms with E-state index >= 15 is 0 Å². The molecule has 0 aromatic heterocycles. The first-order chi connectivity index (χ1) is 14.5. The maximum atomic E-state index is 12.9. The number of aliphatic hydroxyl groups is 1. The fourth-order valence-electron chi connectivity index (χ4n) is 5.13. The van der Waals surface area contributed by atoms with Gasteiger partial charge in [-0.1, -0.05) is 48.5 Å². The number of sulfonamides is 1. The summed E-state index contributed by atoms with van der Waals surface area (Å²) in [7, 11) is -3.58. The molecule has 30 heavy (non-hydrogen) atoms. The van der Waals surface area contributed by atoms with Gasteiger partial charge in [-0.05, 0) is 69.3 Å². The van der Waals surface area contributed by atoms with Crippen molar-refractivity contribution in [1.82, 2.24) is 9.62 Å². The lowest BCUT2D eigenvalue weighted by Crippen LogP contribution is -2.42. The third kappa shape index (κ3) is 4.62. The van der Waals surface area contributed by atoms with Crippen molar-refractivity contribution >= 4 is 10.0 Å². The van der Waals surface area contributed by atoms with Crippen molar-refractivity contribution in [3.05, 3.63) is 66.2 Å². The van der Waals surface area contributed by atoms with E-state index in [0.29, 0.717) is 13.0 Å². The highest BCUT2D eigenvalue weighted by molar-refractivity contribution is 7.89. The zero-order valence-corrected chi connectivity index (χ0v) is 18.2. The topological polar surface area (TPSA) is 69.6 Å². The summed E-state index contributed by atoms with van der Waals surface area (Å²) in [4.78, 5) is 2.72. The first-order valence-corrected chi connectivity index (χ1v) is 12.5. The van der Waals surface area contributed by atoms with E-state index in [1.807, 2.05) is 24.3 Å². The molecule has 0 amide bonds. The van der Waals surface area contributed by atoms with Crippen LogP contribution in [0, 0.1) is 0 Å². The molecule has 6 heteroatoms. The summed E-state index contributed by atoms with van der Waals surface area (Å²) >= 11 is 0. The highest BCUT2D eigenvalue weighted by Gasteiger charge is 2.40. The summed E-state index contributed by atoms with van der Waals surface area (Å²) in [5.74, 6) is 0. The van der Waals surface area contributed by atoms with Gasteiger partial charge in [0.15, 0.2) is 0 Å². The highest BCUT2D eigenvalue weighted by atomic mass is 32.2. The summed E-state index contributed by atoms with van der Waals surface area (Å²) in [6.07, 6.45) is 5.21. The van der Waals surface area contributed by atoms with Gasteiger partial charge in [-0.25, -0.2) is 13.1 Å². The molecule has 5 nitrogen and oxygen atoms in total. The lowest BCUT2D eigenvalue weighted by molar-refractivity contribution is 0.0569. The van der Waals surface area contributed by atoms with Gasteiger partial charge >= 0.3 is 0 Å². The fraction of sp³-hybridized carbons (Fsp3) is 0.500. The van der Waals surface area contributed by atoms with Gasteiger partial charge in [0.05, 0.1) is 11.0 Å². The summed E-state index contributed by atoms with van der Waals surface area (Å²) in [5, 5.41) is 10.9. The van der Waals surface area contributed by atoms with E-state index in [0.717, 1.165) is 37.9 Å². The van der Waals surface area contributed by atoms with Crippen LogP contribution in [0.25, 0.3) is 0 Å². The third-order valence-electron chi connectivity index (χ3n) is 6.93. The third-order valence-corrected chi connectivity index (χ3v) is 8.35. The Labute approximate surface area is 180 Å². The molecule has 1 aliphatic carbocycles. The van der Waals surface area contributed by atoms with Crippen molar-refractivity contribution in [3.8, 4) is 0 Å². The molecule has 0 spiro atoms. The Morgan fingerprint density at radius 2 is 1.53 bits per heavy atom. The first kappa shape index (κ1) is 21.5. The fourth-order valence-corrected chi connectivity index (χ4v) is 6.28. The van der Waals surface area contributed by atoms with E-state index in [9.17, 15) is 13.5 Å². The van der Waals surface area contributed by atoms with E-state index in [2.05, 4.69) is 21.8 Å². The molecule has 0 unspecified atom stereocenters. The lowest BCUT2D eigenvalue weighted by Gasteiger charge is -2.34. The molecule has 2 aromatic rings. The Balaban J connectivity index is 1.58. The maximum absolute atomic E-state index is 12.9. The van der Waals surface area contributed by atoms with Crippen molar-refractivity contribution in [2.45, 2.75) is 61.0 Å². The summed E-state index contributed by atoms with van der Waals surface area (Å²) in [5.41, 5.74) is 0.827. The second-order valence-electron chi connectivity index (χ2n) is 8.74. The molecule has 2 N–H and O–H groups in total. The van der Waals surface area contributed by atoms with Crippen LogP contribution < -0.4 is 4.72 Å². The molecule has 1 aliphatic heterocycles. The minimum absolute atomic E-state index is 0.170. The van der Waals surface area contributed by atoms with Crippen LogP contribution in [0.1, 0.15) is 44.1 Å². The van der Waals surface area contributed by atoms with Crippen LogP contribution in [-0.2, 0) is 15.4 Å². The predicted octanol–water partition coefficient (Wildman–Crippen LogP) is 3.30. The van der Waals surface area contributed by atoms with Gasteiger partial charge in [0.2, 0.25) is 10.0 Å². The number of aliphatic hydroxyl groups excluding tert-OH is 1. The Bertz CT molecular complexity index is 914. The number of likely N-dealkylation sites (tertiary alicyclic amines) is 1. The zero-order chi connectivity index (χ0) is 21.0. The van der Waals surface area contributed by atoms with Gasteiger partial charge in [-0.2, -0.15) is 0 Å². The molecule has 0 radical (unpaired) electrons. The molecule has 1 heterocycles. The molecule has 1 saturated heterocycles. The molecule has 0 bridgehead atoms. The van der Waals surface area contributed by atoms with E-state index in [1.54, 1.807) is 24.3 Å². The normalized spacial score (nSPS) is 28.3. The second kappa shape index (κ2) is 9.18. The Morgan fingerprint density at radius 3 is 2.20 bits per heavy atom. The maximum Gasteiger partial charge on any atom is 0.240 e. The van der Waals surface area contributed by atoms with Crippen molar-refractivity contribution in [3.63, 3.8) is 0 Å². The molecule has 1 saturated carbocycles. The largest absolute Gasteiger partial charge is 0.391 e. The summed E-state index contributed by atoms with van der Waals surface area (Å²) in [6, 6.07) is 18.9. The van der Waals surface area contributed by atoms with Crippen LogP contribution in [0.2, 0.25) is 0 Å². The van der Waals surface area contributed by atoms with Gasteiger partial charge in [0.25, 0.3) is 0 Å².